The normalized spacial score (nSPS) is 20.2. The molecule has 130 valence electrons. The van der Waals surface area contributed by atoms with Crippen molar-refractivity contribution in [3.05, 3.63) is 34.9 Å². The zero-order valence-corrected chi connectivity index (χ0v) is 15.0. The molecule has 1 heterocycles. The van der Waals surface area contributed by atoms with E-state index in [2.05, 4.69) is 16.7 Å². The van der Waals surface area contributed by atoms with Gasteiger partial charge in [0.25, 0.3) is 0 Å². The van der Waals surface area contributed by atoms with E-state index in [1.807, 2.05) is 31.2 Å². The van der Waals surface area contributed by atoms with Crippen molar-refractivity contribution in [3.63, 3.8) is 0 Å². The SMILES string of the molecule is CCN1CCCN(CC(O)COC(C)c2ccc(Cl)cc2)CC1. The molecular weight excluding hydrogens is 312 g/mol. The quantitative estimate of drug-likeness (QED) is 0.828. The van der Waals surface area contributed by atoms with Gasteiger partial charge >= 0.3 is 0 Å². The molecule has 0 bridgehead atoms. The average Bonchev–Trinajstić information content (AvgIpc) is 2.78. The molecule has 23 heavy (non-hydrogen) atoms. The predicted octanol–water partition coefficient (Wildman–Crippen LogP) is 2.81. The van der Waals surface area contributed by atoms with Crippen LogP contribution in [-0.4, -0.2) is 66.9 Å². The van der Waals surface area contributed by atoms with Crippen LogP contribution in [0, 0.1) is 0 Å². The summed E-state index contributed by atoms with van der Waals surface area (Å²) in [4.78, 5) is 4.81. The summed E-state index contributed by atoms with van der Waals surface area (Å²) in [5, 5.41) is 11.0. The second kappa shape index (κ2) is 9.60. The second-order valence-electron chi connectivity index (χ2n) is 6.27. The van der Waals surface area contributed by atoms with Gasteiger partial charge in [0.15, 0.2) is 0 Å². The molecule has 0 aliphatic carbocycles. The Morgan fingerprint density at radius 3 is 2.48 bits per heavy atom. The van der Waals surface area contributed by atoms with E-state index in [1.165, 1.54) is 6.42 Å². The lowest BCUT2D eigenvalue weighted by Gasteiger charge is -2.24. The number of likely N-dealkylation sites (N-methyl/N-ethyl adjacent to an activating group) is 1. The number of β-amino-alcohol motifs (C(OH)–C–C–N with tert-alkyl or cyclic N) is 1. The van der Waals surface area contributed by atoms with Gasteiger partial charge in [-0.05, 0) is 50.7 Å². The number of aliphatic hydroxyl groups is 1. The minimum Gasteiger partial charge on any atom is -0.389 e. The zero-order chi connectivity index (χ0) is 16.7. The molecule has 0 spiro atoms. The van der Waals surface area contributed by atoms with Gasteiger partial charge in [-0.2, -0.15) is 0 Å². The van der Waals surface area contributed by atoms with Crippen molar-refractivity contribution >= 4 is 11.6 Å². The third-order valence-corrected chi connectivity index (χ3v) is 4.73. The molecule has 2 unspecified atom stereocenters. The monoisotopic (exact) mass is 340 g/mol. The molecule has 0 radical (unpaired) electrons. The summed E-state index contributed by atoms with van der Waals surface area (Å²) >= 11 is 5.90. The maximum atomic E-state index is 10.3. The van der Waals surface area contributed by atoms with Crippen molar-refractivity contribution in [1.29, 1.82) is 0 Å². The lowest BCUT2D eigenvalue weighted by molar-refractivity contribution is -0.0152. The van der Waals surface area contributed by atoms with Crippen LogP contribution in [0.3, 0.4) is 0 Å². The van der Waals surface area contributed by atoms with Crippen LogP contribution in [0.5, 0.6) is 0 Å². The fraction of sp³-hybridized carbons (Fsp3) is 0.667. The van der Waals surface area contributed by atoms with Crippen LogP contribution in [0.2, 0.25) is 5.02 Å². The summed E-state index contributed by atoms with van der Waals surface area (Å²) in [6.45, 7) is 10.7. The molecule has 1 aliphatic rings. The maximum absolute atomic E-state index is 10.3. The van der Waals surface area contributed by atoms with Crippen molar-refractivity contribution in [3.8, 4) is 0 Å². The Kier molecular flexibility index (Phi) is 7.80. The number of benzene rings is 1. The molecule has 5 heteroatoms. The van der Waals surface area contributed by atoms with Crippen molar-refractivity contribution in [1.82, 2.24) is 9.80 Å². The van der Waals surface area contributed by atoms with Crippen LogP contribution < -0.4 is 0 Å². The highest BCUT2D eigenvalue weighted by molar-refractivity contribution is 6.30. The van der Waals surface area contributed by atoms with Crippen molar-refractivity contribution in [2.45, 2.75) is 32.5 Å². The van der Waals surface area contributed by atoms with E-state index in [0.29, 0.717) is 13.2 Å². The Hall–Kier alpha value is -0.650. The van der Waals surface area contributed by atoms with Gasteiger partial charge in [-0.1, -0.05) is 30.7 Å². The molecule has 1 N–H and O–H groups in total. The largest absolute Gasteiger partial charge is 0.389 e. The van der Waals surface area contributed by atoms with Crippen LogP contribution in [0.15, 0.2) is 24.3 Å². The molecular formula is C18H29ClN2O2. The summed E-state index contributed by atoms with van der Waals surface area (Å²) in [7, 11) is 0. The van der Waals surface area contributed by atoms with E-state index in [1.54, 1.807) is 0 Å². The summed E-state index contributed by atoms with van der Waals surface area (Å²) < 4.78 is 5.81. The highest BCUT2D eigenvalue weighted by atomic mass is 35.5. The lowest BCUT2D eigenvalue weighted by Crippen LogP contribution is -2.37. The maximum Gasteiger partial charge on any atom is 0.0900 e. The first kappa shape index (κ1) is 18.7. The molecule has 0 amide bonds. The summed E-state index contributed by atoms with van der Waals surface area (Å²) in [5.74, 6) is 0. The minimum atomic E-state index is -0.446. The second-order valence-corrected chi connectivity index (χ2v) is 6.71. The third-order valence-electron chi connectivity index (χ3n) is 4.48. The molecule has 1 aromatic carbocycles. The van der Waals surface area contributed by atoms with Gasteiger partial charge < -0.3 is 14.7 Å². The number of hydrogen-bond acceptors (Lipinski definition) is 4. The number of nitrogens with zero attached hydrogens (tertiary/aromatic N) is 2. The third kappa shape index (κ3) is 6.40. The molecule has 1 saturated heterocycles. The van der Waals surface area contributed by atoms with Gasteiger partial charge in [0.1, 0.15) is 0 Å². The first-order chi connectivity index (χ1) is 11.1. The summed E-state index contributed by atoms with van der Waals surface area (Å²) in [6.07, 6.45) is 0.683. The highest BCUT2D eigenvalue weighted by Gasteiger charge is 2.17. The Balaban J connectivity index is 1.72. The van der Waals surface area contributed by atoms with Gasteiger partial charge in [0.2, 0.25) is 0 Å². The summed E-state index contributed by atoms with van der Waals surface area (Å²) in [5.41, 5.74) is 1.08. The van der Waals surface area contributed by atoms with Gasteiger partial charge in [0, 0.05) is 24.7 Å². The van der Waals surface area contributed by atoms with E-state index >= 15 is 0 Å². The highest BCUT2D eigenvalue weighted by Crippen LogP contribution is 2.19. The van der Waals surface area contributed by atoms with Crippen LogP contribution in [0.25, 0.3) is 0 Å². The van der Waals surface area contributed by atoms with E-state index in [9.17, 15) is 5.11 Å². The van der Waals surface area contributed by atoms with Crippen molar-refractivity contribution in [2.24, 2.45) is 0 Å². The fourth-order valence-electron chi connectivity index (χ4n) is 2.96. The van der Waals surface area contributed by atoms with Gasteiger partial charge in [-0.25, -0.2) is 0 Å². The Labute approximate surface area is 145 Å². The molecule has 0 aromatic heterocycles. The van der Waals surface area contributed by atoms with E-state index in [0.717, 1.165) is 43.3 Å². The molecule has 1 fully saturated rings. The standard InChI is InChI=1S/C18H29ClN2O2/c1-3-20-9-4-10-21(12-11-20)13-18(22)14-23-15(2)16-5-7-17(19)8-6-16/h5-8,15,18,22H,3-4,9-14H2,1-2H3. The Bertz CT molecular complexity index is 455. The molecule has 0 saturated carbocycles. The number of aliphatic hydroxyl groups excluding tert-OH is 1. The topological polar surface area (TPSA) is 35.9 Å². The molecule has 4 nitrogen and oxygen atoms in total. The van der Waals surface area contributed by atoms with Gasteiger partial charge in [-0.15, -0.1) is 0 Å². The van der Waals surface area contributed by atoms with E-state index in [4.69, 9.17) is 16.3 Å². The lowest BCUT2D eigenvalue weighted by atomic mass is 10.1. The van der Waals surface area contributed by atoms with Crippen LogP contribution in [0.4, 0.5) is 0 Å². The van der Waals surface area contributed by atoms with Gasteiger partial charge in [-0.3, -0.25) is 4.90 Å². The minimum absolute atomic E-state index is 0.0402. The Morgan fingerprint density at radius 2 is 1.78 bits per heavy atom. The van der Waals surface area contributed by atoms with Gasteiger partial charge in [0.05, 0.1) is 18.8 Å². The molecule has 2 rings (SSSR count). The Morgan fingerprint density at radius 1 is 1.13 bits per heavy atom. The number of rotatable bonds is 7. The number of hydrogen-bond donors (Lipinski definition) is 1. The average molecular weight is 341 g/mol. The number of ether oxygens (including phenoxy) is 1. The first-order valence-electron chi connectivity index (χ1n) is 8.58. The molecule has 1 aliphatic heterocycles. The van der Waals surface area contributed by atoms with E-state index < -0.39 is 6.10 Å². The van der Waals surface area contributed by atoms with E-state index in [-0.39, 0.29) is 6.10 Å². The van der Waals surface area contributed by atoms with Crippen LogP contribution in [-0.2, 0) is 4.74 Å². The van der Waals surface area contributed by atoms with Crippen LogP contribution in [0.1, 0.15) is 31.9 Å². The predicted molar refractivity (Wildman–Crippen MR) is 95.0 cm³/mol. The number of halogens is 1. The molecule has 1 aromatic rings. The smallest absolute Gasteiger partial charge is 0.0900 e. The fourth-order valence-corrected chi connectivity index (χ4v) is 3.09. The molecule has 2 atom stereocenters. The van der Waals surface area contributed by atoms with Crippen molar-refractivity contribution in [2.75, 3.05) is 45.9 Å². The first-order valence-corrected chi connectivity index (χ1v) is 8.96. The van der Waals surface area contributed by atoms with Crippen molar-refractivity contribution < 1.29 is 9.84 Å². The zero-order valence-electron chi connectivity index (χ0n) is 14.2. The van der Waals surface area contributed by atoms with Crippen LogP contribution >= 0.6 is 11.6 Å². The summed E-state index contributed by atoms with van der Waals surface area (Å²) in [6, 6.07) is 7.66.